The van der Waals surface area contributed by atoms with E-state index in [9.17, 15) is 14.4 Å². The summed E-state index contributed by atoms with van der Waals surface area (Å²) in [4.78, 5) is 35.9. The molecule has 8 heteroatoms. The summed E-state index contributed by atoms with van der Waals surface area (Å²) in [5, 5.41) is 26.4. The highest BCUT2D eigenvalue weighted by atomic mass is 16.4. The molecule has 0 saturated carbocycles. The molecular formula is C12H20N2O6. The molecule has 1 aliphatic rings. The summed E-state index contributed by atoms with van der Waals surface area (Å²) in [5.41, 5.74) is 0. The minimum Gasteiger partial charge on any atom is -0.480 e. The fraction of sp³-hybridized carbons (Fsp3) is 0.750. The molecule has 3 N–H and O–H groups in total. The predicted octanol–water partition coefficient (Wildman–Crippen LogP) is -0.328. The lowest BCUT2D eigenvalue weighted by Gasteiger charge is -2.35. The normalized spacial score (nSPS) is 18.6. The molecule has 0 aliphatic carbocycles. The maximum absolute atomic E-state index is 12.2. The molecule has 20 heavy (non-hydrogen) atoms. The molecule has 1 saturated heterocycles. The molecule has 1 fully saturated rings. The molecule has 0 aromatic carbocycles. The van der Waals surface area contributed by atoms with Gasteiger partial charge in [-0.1, -0.05) is 0 Å². The van der Waals surface area contributed by atoms with Gasteiger partial charge >= 0.3 is 18.0 Å². The molecule has 1 heterocycles. The lowest BCUT2D eigenvalue weighted by atomic mass is 9.95. The summed E-state index contributed by atoms with van der Waals surface area (Å²) in [6, 6.07) is -0.572. The van der Waals surface area contributed by atoms with Crippen molar-refractivity contribution in [1.29, 1.82) is 0 Å². The number of carbonyl (C=O) groups is 3. The van der Waals surface area contributed by atoms with E-state index < -0.39 is 31.1 Å². The number of rotatable bonds is 6. The largest absolute Gasteiger partial charge is 0.480 e. The lowest BCUT2D eigenvalue weighted by molar-refractivity contribution is -0.140. The van der Waals surface area contributed by atoms with Gasteiger partial charge in [0.05, 0.1) is 0 Å². The van der Waals surface area contributed by atoms with E-state index in [-0.39, 0.29) is 12.5 Å². The highest BCUT2D eigenvalue weighted by Gasteiger charge is 2.28. The van der Waals surface area contributed by atoms with E-state index in [1.165, 1.54) is 4.90 Å². The fourth-order valence-electron chi connectivity index (χ4n) is 2.37. The summed E-state index contributed by atoms with van der Waals surface area (Å²) in [6.45, 7) is -0.315. The number of aliphatic hydroxyl groups excluding tert-OH is 1. The molecular weight excluding hydrogens is 268 g/mol. The molecule has 0 aromatic rings. The second-order valence-electron chi connectivity index (χ2n) is 4.89. The van der Waals surface area contributed by atoms with Crippen molar-refractivity contribution in [2.24, 2.45) is 5.92 Å². The Morgan fingerprint density at radius 3 is 2.25 bits per heavy atom. The summed E-state index contributed by atoms with van der Waals surface area (Å²) in [6.07, 6.45) is 2.26. The average molecular weight is 288 g/mol. The molecule has 8 nitrogen and oxygen atoms in total. The molecule has 1 unspecified atom stereocenters. The van der Waals surface area contributed by atoms with Crippen LogP contribution in [0.1, 0.15) is 19.3 Å². The van der Waals surface area contributed by atoms with Gasteiger partial charge in [-0.2, -0.15) is 0 Å². The second kappa shape index (κ2) is 7.68. The first-order valence-corrected chi connectivity index (χ1v) is 6.52. The number of aliphatic carboxylic acids is 2. The minimum absolute atomic E-state index is 0.0423. The van der Waals surface area contributed by atoms with Crippen LogP contribution >= 0.6 is 0 Å². The number of amides is 2. The maximum atomic E-state index is 12.2. The molecule has 0 spiro atoms. The standard InChI is InChI=1S/C12H20N2O6/c15-5-3-9-2-1-4-13(6-9)12(20)14(7-10(16)17)8-11(18)19/h9,15H,1-8H2,(H,16,17)(H,18,19). The van der Waals surface area contributed by atoms with Crippen LogP contribution in [0.25, 0.3) is 0 Å². The van der Waals surface area contributed by atoms with E-state index in [2.05, 4.69) is 0 Å². The van der Waals surface area contributed by atoms with Crippen LogP contribution in [0, 0.1) is 5.92 Å². The number of nitrogens with zero attached hydrogens (tertiary/aromatic N) is 2. The monoisotopic (exact) mass is 288 g/mol. The number of aliphatic hydroxyl groups is 1. The van der Waals surface area contributed by atoms with Gasteiger partial charge in [0.2, 0.25) is 0 Å². The number of hydrogen-bond acceptors (Lipinski definition) is 4. The molecule has 1 rings (SSSR count). The molecule has 0 radical (unpaired) electrons. The van der Waals surface area contributed by atoms with Gasteiger partial charge in [-0.3, -0.25) is 9.59 Å². The Balaban J connectivity index is 2.67. The summed E-state index contributed by atoms with van der Waals surface area (Å²) in [7, 11) is 0. The molecule has 1 aliphatic heterocycles. The van der Waals surface area contributed by atoms with E-state index in [0.29, 0.717) is 19.5 Å². The van der Waals surface area contributed by atoms with Crippen molar-refractivity contribution < 1.29 is 29.7 Å². The number of urea groups is 1. The van der Waals surface area contributed by atoms with Crippen molar-refractivity contribution in [3.05, 3.63) is 0 Å². The van der Waals surface area contributed by atoms with Gasteiger partial charge in [-0.25, -0.2) is 4.79 Å². The Kier molecular flexibility index (Phi) is 6.23. The molecule has 0 bridgehead atoms. The van der Waals surface area contributed by atoms with Gasteiger partial charge in [0.1, 0.15) is 13.1 Å². The van der Waals surface area contributed by atoms with Crippen molar-refractivity contribution in [3.63, 3.8) is 0 Å². The van der Waals surface area contributed by atoms with Crippen molar-refractivity contribution in [2.75, 3.05) is 32.8 Å². The third kappa shape index (κ3) is 5.04. The Morgan fingerprint density at radius 1 is 1.15 bits per heavy atom. The fourth-order valence-corrected chi connectivity index (χ4v) is 2.37. The van der Waals surface area contributed by atoms with Crippen LogP contribution in [0.2, 0.25) is 0 Å². The number of carboxylic acids is 2. The molecule has 0 aromatic heterocycles. The smallest absolute Gasteiger partial charge is 0.323 e. The zero-order chi connectivity index (χ0) is 15.1. The van der Waals surface area contributed by atoms with Crippen molar-refractivity contribution >= 4 is 18.0 Å². The second-order valence-corrected chi connectivity index (χ2v) is 4.89. The van der Waals surface area contributed by atoms with Gasteiger partial charge in [0, 0.05) is 19.7 Å². The average Bonchev–Trinajstić information content (AvgIpc) is 2.37. The van der Waals surface area contributed by atoms with E-state index in [0.717, 1.165) is 17.7 Å². The first kappa shape index (κ1) is 16.2. The van der Waals surface area contributed by atoms with E-state index in [4.69, 9.17) is 15.3 Å². The van der Waals surface area contributed by atoms with Crippen molar-refractivity contribution in [2.45, 2.75) is 19.3 Å². The van der Waals surface area contributed by atoms with Gasteiger partial charge in [-0.05, 0) is 25.2 Å². The Hall–Kier alpha value is -1.83. The zero-order valence-corrected chi connectivity index (χ0v) is 11.2. The van der Waals surface area contributed by atoms with Crippen LogP contribution in [0.5, 0.6) is 0 Å². The molecule has 1 atom stereocenters. The Morgan fingerprint density at radius 2 is 1.75 bits per heavy atom. The maximum Gasteiger partial charge on any atom is 0.323 e. The number of piperidine rings is 1. The highest BCUT2D eigenvalue weighted by molar-refractivity contribution is 5.84. The van der Waals surface area contributed by atoms with E-state index in [1.54, 1.807) is 0 Å². The van der Waals surface area contributed by atoms with Crippen LogP contribution < -0.4 is 0 Å². The van der Waals surface area contributed by atoms with Gasteiger partial charge < -0.3 is 25.1 Å². The van der Waals surface area contributed by atoms with E-state index in [1.807, 2.05) is 0 Å². The quantitative estimate of drug-likeness (QED) is 0.616. The van der Waals surface area contributed by atoms with E-state index >= 15 is 0 Å². The number of hydrogen-bond donors (Lipinski definition) is 3. The third-order valence-electron chi connectivity index (χ3n) is 3.25. The topological polar surface area (TPSA) is 118 Å². The highest BCUT2D eigenvalue weighted by Crippen LogP contribution is 2.20. The Labute approximate surface area is 116 Å². The summed E-state index contributed by atoms with van der Waals surface area (Å²) >= 11 is 0. The summed E-state index contributed by atoms with van der Waals surface area (Å²) < 4.78 is 0. The number of carboxylic acid groups (broad SMARTS) is 2. The van der Waals surface area contributed by atoms with Crippen LogP contribution in [-0.4, -0.2) is 75.9 Å². The zero-order valence-electron chi connectivity index (χ0n) is 11.2. The van der Waals surface area contributed by atoms with Crippen LogP contribution in [-0.2, 0) is 9.59 Å². The van der Waals surface area contributed by atoms with Crippen LogP contribution in [0.15, 0.2) is 0 Å². The molecule has 114 valence electrons. The number of likely N-dealkylation sites (tertiary alicyclic amines) is 1. The first-order valence-electron chi connectivity index (χ1n) is 6.52. The Bertz CT molecular complexity index is 355. The lowest BCUT2D eigenvalue weighted by Crippen LogP contribution is -2.50. The first-order chi connectivity index (χ1) is 9.43. The number of carbonyl (C=O) groups excluding carboxylic acids is 1. The van der Waals surface area contributed by atoms with Crippen LogP contribution in [0.3, 0.4) is 0 Å². The van der Waals surface area contributed by atoms with Gasteiger partial charge in [0.15, 0.2) is 0 Å². The van der Waals surface area contributed by atoms with Gasteiger partial charge in [0.25, 0.3) is 0 Å². The van der Waals surface area contributed by atoms with Crippen molar-refractivity contribution in [1.82, 2.24) is 9.80 Å². The molecule has 2 amide bonds. The predicted molar refractivity (Wildman–Crippen MR) is 68.2 cm³/mol. The summed E-state index contributed by atoms with van der Waals surface area (Å²) in [5.74, 6) is -2.32. The third-order valence-corrected chi connectivity index (χ3v) is 3.25. The minimum atomic E-state index is -1.25. The SMILES string of the molecule is O=C(O)CN(CC(=O)O)C(=O)N1CCCC(CCO)C1. The van der Waals surface area contributed by atoms with Crippen LogP contribution in [0.4, 0.5) is 4.79 Å². The van der Waals surface area contributed by atoms with Gasteiger partial charge in [-0.15, -0.1) is 0 Å². The van der Waals surface area contributed by atoms with Crippen molar-refractivity contribution in [3.8, 4) is 0 Å².